The number of hydrogen-bond acceptors (Lipinski definition) is 2. The highest BCUT2D eigenvalue weighted by molar-refractivity contribution is 5.93. The predicted octanol–water partition coefficient (Wildman–Crippen LogP) is 3.19. The fraction of sp³-hybridized carbons (Fsp3) is 0.357. The van der Waals surface area contributed by atoms with E-state index in [1.165, 1.54) is 0 Å². The van der Waals surface area contributed by atoms with Crippen molar-refractivity contribution < 1.29 is 14.6 Å². The molecule has 2 rings (SSSR count). The molecular weight excluding hydrogens is 216 g/mol. The van der Waals surface area contributed by atoms with Crippen molar-refractivity contribution in [2.75, 3.05) is 0 Å². The average molecular weight is 232 g/mol. The second kappa shape index (κ2) is 3.62. The summed E-state index contributed by atoms with van der Waals surface area (Å²) in [5, 5.41) is 9.19. The van der Waals surface area contributed by atoms with Crippen LogP contribution >= 0.6 is 0 Å². The number of carbonyl (C=O) groups is 1. The highest BCUT2D eigenvalue weighted by Gasteiger charge is 2.25. The summed E-state index contributed by atoms with van der Waals surface area (Å²) in [5.74, 6) is -0.126. The van der Waals surface area contributed by atoms with Gasteiger partial charge in [-0.15, -0.1) is 0 Å². The first-order valence-electron chi connectivity index (χ1n) is 5.57. The standard InChI is InChI=1S/C14H16O3/c1-8-7-11-10(5-6-14(3,4)17-11)9(2)12(8)13(15)16/h5-7H,1-4H3,(H,15,16). The summed E-state index contributed by atoms with van der Waals surface area (Å²) >= 11 is 0. The Hall–Kier alpha value is -1.77. The van der Waals surface area contributed by atoms with Crippen LogP contribution in [-0.4, -0.2) is 16.7 Å². The molecule has 1 aliphatic rings. The molecule has 0 aliphatic carbocycles. The highest BCUT2D eigenvalue weighted by Crippen LogP contribution is 2.35. The van der Waals surface area contributed by atoms with Crippen molar-refractivity contribution in [2.45, 2.75) is 33.3 Å². The Morgan fingerprint density at radius 1 is 1.35 bits per heavy atom. The predicted molar refractivity (Wildman–Crippen MR) is 66.6 cm³/mol. The van der Waals surface area contributed by atoms with Crippen LogP contribution in [-0.2, 0) is 0 Å². The topological polar surface area (TPSA) is 46.5 Å². The van der Waals surface area contributed by atoms with Crippen LogP contribution in [0.4, 0.5) is 0 Å². The lowest BCUT2D eigenvalue weighted by Gasteiger charge is -2.29. The van der Waals surface area contributed by atoms with Gasteiger partial charge < -0.3 is 9.84 Å². The molecule has 3 nitrogen and oxygen atoms in total. The maximum atomic E-state index is 11.2. The number of fused-ring (bicyclic) bond motifs is 1. The van der Waals surface area contributed by atoms with Crippen molar-refractivity contribution in [3.05, 3.63) is 34.4 Å². The number of hydrogen-bond donors (Lipinski definition) is 1. The van der Waals surface area contributed by atoms with E-state index in [-0.39, 0.29) is 5.60 Å². The minimum atomic E-state index is -0.888. The van der Waals surface area contributed by atoms with Gasteiger partial charge in [0.15, 0.2) is 0 Å². The third kappa shape index (κ3) is 1.93. The summed E-state index contributed by atoms with van der Waals surface area (Å²) in [6, 6.07) is 1.80. The normalized spacial score (nSPS) is 16.2. The number of carboxylic acids is 1. The van der Waals surface area contributed by atoms with Crippen LogP contribution in [0, 0.1) is 13.8 Å². The Balaban J connectivity index is 2.66. The number of aryl methyl sites for hydroxylation is 1. The first-order valence-corrected chi connectivity index (χ1v) is 5.57. The van der Waals surface area contributed by atoms with E-state index < -0.39 is 5.97 Å². The van der Waals surface area contributed by atoms with Crippen molar-refractivity contribution in [1.82, 2.24) is 0 Å². The van der Waals surface area contributed by atoms with Crippen LogP contribution in [0.3, 0.4) is 0 Å². The molecule has 0 saturated heterocycles. The van der Waals surface area contributed by atoms with Gasteiger partial charge in [0.25, 0.3) is 0 Å². The Labute approximate surface area is 101 Å². The molecule has 0 unspecified atom stereocenters. The Bertz CT molecular complexity index is 525. The van der Waals surface area contributed by atoms with E-state index in [2.05, 4.69) is 0 Å². The van der Waals surface area contributed by atoms with Crippen LogP contribution < -0.4 is 4.74 Å². The molecule has 1 aromatic rings. The van der Waals surface area contributed by atoms with E-state index in [1.807, 2.05) is 32.9 Å². The number of aromatic carboxylic acids is 1. The first kappa shape index (κ1) is 11.7. The molecule has 17 heavy (non-hydrogen) atoms. The molecule has 0 bridgehead atoms. The van der Waals surface area contributed by atoms with Crippen LogP contribution in [0.2, 0.25) is 0 Å². The van der Waals surface area contributed by atoms with Gasteiger partial charge in [-0.3, -0.25) is 0 Å². The summed E-state index contributed by atoms with van der Waals surface area (Å²) in [7, 11) is 0. The Kier molecular flexibility index (Phi) is 2.49. The van der Waals surface area contributed by atoms with Crippen LogP contribution in [0.15, 0.2) is 12.1 Å². The lowest BCUT2D eigenvalue weighted by molar-refractivity contribution is 0.0695. The number of carboxylic acid groups (broad SMARTS) is 1. The molecular formula is C14H16O3. The Morgan fingerprint density at radius 2 is 2.00 bits per heavy atom. The molecule has 0 fully saturated rings. The largest absolute Gasteiger partial charge is 0.483 e. The maximum Gasteiger partial charge on any atom is 0.336 e. The van der Waals surface area contributed by atoms with E-state index >= 15 is 0 Å². The smallest absolute Gasteiger partial charge is 0.336 e. The molecule has 0 saturated carbocycles. The summed E-state index contributed by atoms with van der Waals surface area (Å²) < 4.78 is 5.84. The quantitative estimate of drug-likeness (QED) is 0.808. The molecule has 0 radical (unpaired) electrons. The first-order chi connectivity index (χ1) is 7.82. The van der Waals surface area contributed by atoms with E-state index in [0.29, 0.717) is 5.56 Å². The number of rotatable bonds is 1. The van der Waals surface area contributed by atoms with Crippen molar-refractivity contribution in [3.8, 4) is 5.75 Å². The molecule has 1 heterocycles. The minimum Gasteiger partial charge on any atom is -0.483 e. The van der Waals surface area contributed by atoms with Gasteiger partial charge in [-0.2, -0.15) is 0 Å². The molecule has 0 spiro atoms. The third-order valence-corrected chi connectivity index (χ3v) is 3.02. The molecule has 1 aromatic carbocycles. The van der Waals surface area contributed by atoms with Gasteiger partial charge in [-0.1, -0.05) is 6.08 Å². The van der Waals surface area contributed by atoms with Crippen LogP contribution in [0.1, 0.15) is 40.9 Å². The lowest BCUT2D eigenvalue weighted by atomic mass is 9.93. The SMILES string of the molecule is Cc1cc2c(c(C)c1C(=O)O)C=CC(C)(C)O2. The lowest BCUT2D eigenvalue weighted by Crippen LogP contribution is -2.28. The van der Waals surface area contributed by atoms with Crippen molar-refractivity contribution in [1.29, 1.82) is 0 Å². The van der Waals surface area contributed by atoms with Crippen molar-refractivity contribution in [2.24, 2.45) is 0 Å². The van der Waals surface area contributed by atoms with E-state index in [4.69, 9.17) is 4.74 Å². The van der Waals surface area contributed by atoms with Gasteiger partial charge in [0, 0.05) is 5.56 Å². The number of ether oxygens (including phenoxy) is 1. The fourth-order valence-corrected chi connectivity index (χ4v) is 2.18. The Morgan fingerprint density at radius 3 is 2.59 bits per heavy atom. The summed E-state index contributed by atoms with van der Waals surface area (Å²) in [5.41, 5.74) is 2.40. The van der Waals surface area contributed by atoms with Gasteiger partial charge in [0.05, 0.1) is 5.56 Å². The summed E-state index contributed by atoms with van der Waals surface area (Å²) in [6.45, 7) is 7.57. The molecule has 0 amide bonds. The highest BCUT2D eigenvalue weighted by atomic mass is 16.5. The van der Waals surface area contributed by atoms with Crippen LogP contribution in [0.5, 0.6) is 5.75 Å². The molecule has 1 aliphatic heterocycles. The average Bonchev–Trinajstić information content (AvgIpc) is 2.14. The maximum absolute atomic E-state index is 11.2. The zero-order valence-electron chi connectivity index (χ0n) is 10.5. The monoisotopic (exact) mass is 232 g/mol. The molecule has 90 valence electrons. The van der Waals surface area contributed by atoms with E-state index in [9.17, 15) is 9.90 Å². The summed E-state index contributed by atoms with van der Waals surface area (Å²) in [4.78, 5) is 11.2. The summed E-state index contributed by atoms with van der Waals surface area (Å²) in [6.07, 6.45) is 3.89. The zero-order valence-corrected chi connectivity index (χ0v) is 10.5. The van der Waals surface area contributed by atoms with Crippen molar-refractivity contribution >= 4 is 12.0 Å². The molecule has 0 aromatic heterocycles. The van der Waals surface area contributed by atoms with Gasteiger partial charge in [-0.05, 0) is 51.0 Å². The van der Waals surface area contributed by atoms with Crippen LogP contribution in [0.25, 0.3) is 6.08 Å². The minimum absolute atomic E-state index is 0.337. The second-order valence-electron chi connectivity index (χ2n) is 4.95. The van der Waals surface area contributed by atoms with Gasteiger partial charge in [0.2, 0.25) is 0 Å². The molecule has 3 heteroatoms. The number of benzene rings is 1. The second-order valence-corrected chi connectivity index (χ2v) is 4.95. The van der Waals surface area contributed by atoms with E-state index in [1.54, 1.807) is 13.0 Å². The van der Waals surface area contributed by atoms with Gasteiger partial charge >= 0.3 is 5.97 Å². The van der Waals surface area contributed by atoms with Gasteiger partial charge in [0.1, 0.15) is 11.4 Å². The molecule has 1 N–H and O–H groups in total. The fourth-order valence-electron chi connectivity index (χ4n) is 2.18. The third-order valence-electron chi connectivity index (χ3n) is 3.02. The van der Waals surface area contributed by atoms with Crippen molar-refractivity contribution in [3.63, 3.8) is 0 Å². The molecule has 0 atom stereocenters. The van der Waals surface area contributed by atoms with Gasteiger partial charge in [-0.25, -0.2) is 4.79 Å². The zero-order chi connectivity index (χ0) is 12.8. The van der Waals surface area contributed by atoms with E-state index in [0.717, 1.165) is 22.4 Å².